The molecule has 4 heteroatoms. The van der Waals surface area contributed by atoms with E-state index >= 15 is 0 Å². The fourth-order valence-corrected chi connectivity index (χ4v) is 2.94. The number of oxime groups is 1. The molecule has 3 rings (SSSR count). The van der Waals surface area contributed by atoms with Crippen LogP contribution in [-0.4, -0.2) is 18.3 Å². The Morgan fingerprint density at radius 1 is 0.963 bits per heavy atom. The number of hydrogen-bond donors (Lipinski definition) is 0. The molecule has 27 heavy (non-hydrogen) atoms. The number of carbonyl (C=O) groups is 1. The van der Waals surface area contributed by atoms with Crippen molar-refractivity contribution in [3.05, 3.63) is 71.3 Å². The van der Waals surface area contributed by atoms with Crippen molar-refractivity contribution < 1.29 is 14.4 Å². The van der Waals surface area contributed by atoms with Gasteiger partial charge >= 0.3 is 5.97 Å². The van der Waals surface area contributed by atoms with Crippen LogP contribution in [0.3, 0.4) is 0 Å². The smallest absolute Gasteiger partial charge is 0.368 e. The summed E-state index contributed by atoms with van der Waals surface area (Å²) in [5.74, 6) is 0.417. The maximum atomic E-state index is 12.0. The maximum absolute atomic E-state index is 12.0. The molecule has 0 radical (unpaired) electrons. The van der Waals surface area contributed by atoms with Crippen LogP contribution in [0.2, 0.25) is 0 Å². The lowest BCUT2D eigenvalue weighted by molar-refractivity contribution is -0.136. The quantitative estimate of drug-likeness (QED) is 0.341. The second kappa shape index (κ2) is 9.72. The van der Waals surface area contributed by atoms with Crippen LogP contribution in [0, 0.1) is 0 Å². The number of nitrogens with zero attached hydrogens (tertiary/aromatic N) is 1. The Balaban J connectivity index is 1.61. The largest absolute Gasteiger partial charge is 0.494 e. The van der Waals surface area contributed by atoms with Crippen molar-refractivity contribution in [1.29, 1.82) is 0 Å². The Bertz CT molecular complexity index is 807. The van der Waals surface area contributed by atoms with Crippen LogP contribution in [0.4, 0.5) is 0 Å². The van der Waals surface area contributed by atoms with Gasteiger partial charge in [0.1, 0.15) is 11.5 Å². The minimum Gasteiger partial charge on any atom is -0.494 e. The number of carbonyl (C=O) groups excluding carboxylic acids is 1. The third-order valence-corrected chi connectivity index (χ3v) is 4.45. The molecule has 0 amide bonds. The van der Waals surface area contributed by atoms with Gasteiger partial charge in [0, 0.05) is 5.56 Å². The van der Waals surface area contributed by atoms with E-state index in [1.165, 1.54) is 25.7 Å². The Morgan fingerprint density at radius 3 is 2.44 bits per heavy atom. The Kier molecular flexibility index (Phi) is 6.80. The standard InChI is InChI=1S/C23H25NO3/c1-2-3-4-5-9-16-26-20-14-12-18(13-15-20)17-21-22(24-27-23(21)25)19-10-7-6-8-11-19/h6-8,10-15,17H,2-5,9,16H2,1H3/b21-17-. The summed E-state index contributed by atoms with van der Waals surface area (Å²) in [6.07, 6.45) is 7.90. The molecule has 0 bridgehead atoms. The highest BCUT2D eigenvalue weighted by Crippen LogP contribution is 2.22. The molecule has 0 N–H and O–H groups in total. The Labute approximate surface area is 160 Å². The molecule has 2 aromatic rings. The average Bonchev–Trinajstić information content (AvgIpc) is 3.07. The molecule has 0 aromatic heterocycles. The maximum Gasteiger partial charge on any atom is 0.368 e. The van der Waals surface area contributed by atoms with E-state index < -0.39 is 5.97 Å². The molecule has 0 atom stereocenters. The van der Waals surface area contributed by atoms with Crippen LogP contribution in [0.25, 0.3) is 6.08 Å². The predicted octanol–water partition coefficient (Wildman–Crippen LogP) is 5.38. The third-order valence-electron chi connectivity index (χ3n) is 4.45. The summed E-state index contributed by atoms with van der Waals surface area (Å²) >= 11 is 0. The molecule has 1 aliphatic rings. The van der Waals surface area contributed by atoms with E-state index in [1.807, 2.05) is 54.6 Å². The number of rotatable bonds is 9. The third kappa shape index (κ3) is 5.30. The van der Waals surface area contributed by atoms with Crippen LogP contribution < -0.4 is 4.74 Å². The topological polar surface area (TPSA) is 47.9 Å². The highest BCUT2D eigenvalue weighted by atomic mass is 16.7. The van der Waals surface area contributed by atoms with Gasteiger partial charge in [-0.1, -0.05) is 80.2 Å². The lowest BCUT2D eigenvalue weighted by Crippen LogP contribution is -2.06. The van der Waals surface area contributed by atoms with E-state index in [0.717, 1.165) is 29.9 Å². The molecule has 140 valence electrons. The van der Waals surface area contributed by atoms with Crippen molar-refractivity contribution in [2.45, 2.75) is 39.0 Å². The minimum atomic E-state index is -0.429. The molecule has 2 aromatic carbocycles. The molecular formula is C23H25NO3. The van der Waals surface area contributed by atoms with E-state index in [1.54, 1.807) is 6.08 Å². The minimum absolute atomic E-state index is 0.429. The van der Waals surface area contributed by atoms with Crippen molar-refractivity contribution in [3.63, 3.8) is 0 Å². The van der Waals surface area contributed by atoms with Gasteiger partial charge in [-0.05, 0) is 30.2 Å². The summed E-state index contributed by atoms with van der Waals surface area (Å²) in [5, 5.41) is 3.93. The summed E-state index contributed by atoms with van der Waals surface area (Å²) in [7, 11) is 0. The van der Waals surface area contributed by atoms with Gasteiger partial charge in [0.25, 0.3) is 0 Å². The first-order valence-corrected chi connectivity index (χ1v) is 9.57. The molecule has 4 nitrogen and oxygen atoms in total. The Morgan fingerprint density at radius 2 is 1.70 bits per heavy atom. The fourth-order valence-electron chi connectivity index (χ4n) is 2.94. The summed E-state index contributed by atoms with van der Waals surface area (Å²) < 4.78 is 5.79. The van der Waals surface area contributed by atoms with Crippen molar-refractivity contribution in [2.75, 3.05) is 6.61 Å². The monoisotopic (exact) mass is 363 g/mol. The second-order valence-corrected chi connectivity index (χ2v) is 6.57. The zero-order valence-corrected chi connectivity index (χ0v) is 15.7. The molecule has 0 saturated carbocycles. The van der Waals surface area contributed by atoms with Gasteiger partial charge in [-0.25, -0.2) is 4.79 Å². The number of benzene rings is 2. The van der Waals surface area contributed by atoms with E-state index in [2.05, 4.69) is 12.1 Å². The summed E-state index contributed by atoms with van der Waals surface area (Å²) in [5.41, 5.74) is 2.79. The van der Waals surface area contributed by atoms with E-state index in [9.17, 15) is 4.79 Å². The van der Waals surface area contributed by atoms with Gasteiger partial charge in [0.2, 0.25) is 0 Å². The normalized spacial score (nSPS) is 14.9. The fraction of sp³-hybridized carbons (Fsp3) is 0.304. The molecule has 0 spiro atoms. The van der Waals surface area contributed by atoms with Gasteiger partial charge in [0.05, 0.1) is 12.2 Å². The van der Waals surface area contributed by atoms with Crippen molar-refractivity contribution in [3.8, 4) is 5.75 Å². The van der Waals surface area contributed by atoms with E-state index in [4.69, 9.17) is 9.57 Å². The summed E-state index contributed by atoms with van der Waals surface area (Å²) in [4.78, 5) is 16.9. The van der Waals surface area contributed by atoms with Gasteiger partial charge in [0.15, 0.2) is 0 Å². The van der Waals surface area contributed by atoms with Crippen LogP contribution in [-0.2, 0) is 9.63 Å². The molecule has 0 saturated heterocycles. The zero-order valence-electron chi connectivity index (χ0n) is 15.7. The number of ether oxygens (including phenoxy) is 1. The predicted molar refractivity (Wildman–Crippen MR) is 108 cm³/mol. The van der Waals surface area contributed by atoms with Crippen molar-refractivity contribution >= 4 is 17.8 Å². The molecule has 0 fully saturated rings. The molecule has 0 unspecified atom stereocenters. The van der Waals surface area contributed by atoms with E-state index in [0.29, 0.717) is 11.3 Å². The molecular weight excluding hydrogens is 338 g/mol. The van der Waals surface area contributed by atoms with Crippen molar-refractivity contribution in [2.24, 2.45) is 5.16 Å². The highest BCUT2D eigenvalue weighted by Gasteiger charge is 2.26. The van der Waals surface area contributed by atoms with Crippen molar-refractivity contribution in [1.82, 2.24) is 0 Å². The first-order chi connectivity index (χ1) is 13.3. The first-order valence-electron chi connectivity index (χ1n) is 9.57. The van der Waals surface area contributed by atoms with Gasteiger partial charge in [-0.2, -0.15) is 0 Å². The SMILES string of the molecule is CCCCCCCOc1ccc(/C=C2\C(=O)ON=C2c2ccccc2)cc1. The number of unbranched alkanes of at least 4 members (excludes halogenated alkanes) is 4. The van der Waals surface area contributed by atoms with Crippen LogP contribution in [0.15, 0.2) is 65.3 Å². The van der Waals surface area contributed by atoms with Gasteiger partial charge < -0.3 is 9.57 Å². The lowest BCUT2D eigenvalue weighted by atomic mass is 10.0. The molecule has 1 aliphatic heterocycles. The zero-order chi connectivity index (χ0) is 18.9. The van der Waals surface area contributed by atoms with Crippen LogP contribution in [0.5, 0.6) is 5.75 Å². The first kappa shape index (κ1) is 18.9. The highest BCUT2D eigenvalue weighted by molar-refractivity contribution is 6.31. The average molecular weight is 363 g/mol. The summed E-state index contributed by atoms with van der Waals surface area (Å²) in [6.45, 7) is 2.95. The molecule has 1 heterocycles. The number of hydrogen-bond acceptors (Lipinski definition) is 4. The lowest BCUT2D eigenvalue weighted by Gasteiger charge is -2.06. The summed E-state index contributed by atoms with van der Waals surface area (Å²) in [6, 6.07) is 17.3. The molecule has 0 aliphatic carbocycles. The van der Waals surface area contributed by atoms with Gasteiger partial charge in [-0.3, -0.25) is 0 Å². The Hall–Kier alpha value is -2.88. The second-order valence-electron chi connectivity index (χ2n) is 6.57. The van der Waals surface area contributed by atoms with Crippen LogP contribution >= 0.6 is 0 Å². The van der Waals surface area contributed by atoms with E-state index in [-0.39, 0.29) is 0 Å². The van der Waals surface area contributed by atoms with Gasteiger partial charge in [-0.15, -0.1) is 0 Å². The van der Waals surface area contributed by atoms with Crippen LogP contribution in [0.1, 0.15) is 50.2 Å².